The van der Waals surface area contributed by atoms with Gasteiger partial charge < -0.3 is 9.47 Å². The maximum absolute atomic E-state index is 12.8. The Kier molecular flexibility index (Phi) is 4.50. The standard InChI is InChI=1S/C18H17NO6/c1-10-6-7-12(13(20)8-10)19-17(22)11-4-3-5-14(16(11)18(19)23)25-15(21)9-24-2/h3-5,12H,1,6-9H2,2H3. The quantitative estimate of drug-likeness (QED) is 0.356. The molecule has 1 heterocycles. The van der Waals surface area contributed by atoms with Crippen LogP contribution < -0.4 is 4.74 Å². The van der Waals surface area contributed by atoms with Crippen LogP contribution in [-0.4, -0.2) is 48.2 Å². The molecule has 2 amide bonds. The van der Waals surface area contributed by atoms with E-state index in [0.29, 0.717) is 12.8 Å². The number of amides is 2. The summed E-state index contributed by atoms with van der Waals surface area (Å²) in [5, 5.41) is 0. The third-order valence-corrected chi connectivity index (χ3v) is 4.27. The largest absolute Gasteiger partial charge is 0.424 e. The number of ketones is 1. The molecule has 1 aromatic rings. The van der Waals surface area contributed by atoms with Gasteiger partial charge in [0.1, 0.15) is 12.4 Å². The first-order chi connectivity index (χ1) is 11.9. The average Bonchev–Trinajstić information content (AvgIpc) is 2.81. The van der Waals surface area contributed by atoms with Crippen molar-refractivity contribution in [2.24, 2.45) is 0 Å². The van der Waals surface area contributed by atoms with Gasteiger partial charge in [0, 0.05) is 13.5 Å². The molecule has 130 valence electrons. The Bertz CT molecular complexity index is 797. The van der Waals surface area contributed by atoms with Crippen LogP contribution in [0.3, 0.4) is 0 Å². The zero-order valence-electron chi connectivity index (χ0n) is 13.7. The third kappa shape index (κ3) is 2.98. The summed E-state index contributed by atoms with van der Waals surface area (Å²) in [4.78, 5) is 50.4. The molecule has 0 saturated heterocycles. The molecule has 1 atom stereocenters. The molecule has 1 aliphatic heterocycles. The normalized spacial score (nSPS) is 20.0. The van der Waals surface area contributed by atoms with Gasteiger partial charge in [-0.1, -0.05) is 18.2 Å². The molecule has 7 nitrogen and oxygen atoms in total. The van der Waals surface area contributed by atoms with Crippen molar-refractivity contribution in [1.82, 2.24) is 4.90 Å². The number of rotatable bonds is 4. The Morgan fingerprint density at radius 2 is 2.04 bits per heavy atom. The molecule has 1 fully saturated rings. The lowest BCUT2D eigenvalue weighted by Crippen LogP contribution is -2.46. The second-order valence-electron chi connectivity index (χ2n) is 6.01. The van der Waals surface area contributed by atoms with Gasteiger partial charge in [-0.2, -0.15) is 0 Å². The lowest BCUT2D eigenvalue weighted by molar-refractivity contribution is -0.138. The highest BCUT2D eigenvalue weighted by atomic mass is 16.6. The molecule has 7 heteroatoms. The number of hydrogen-bond donors (Lipinski definition) is 0. The Labute approximate surface area is 144 Å². The molecule has 1 aliphatic carbocycles. The van der Waals surface area contributed by atoms with Gasteiger partial charge in [0.15, 0.2) is 5.78 Å². The molecular weight excluding hydrogens is 326 g/mol. The molecule has 0 spiro atoms. The van der Waals surface area contributed by atoms with Crippen molar-refractivity contribution >= 4 is 23.6 Å². The molecule has 0 N–H and O–H groups in total. The topological polar surface area (TPSA) is 90.0 Å². The van der Waals surface area contributed by atoms with E-state index in [9.17, 15) is 19.2 Å². The number of fused-ring (bicyclic) bond motifs is 1. The minimum Gasteiger partial charge on any atom is -0.424 e. The number of benzene rings is 1. The second-order valence-corrected chi connectivity index (χ2v) is 6.01. The van der Waals surface area contributed by atoms with Crippen LogP contribution in [0.1, 0.15) is 40.0 Å². The molecule has 2 aliphatic rings. The number of carbonyl (C=O) groups is 4. The van der Waals surface area contributed by atoms with E-state index in [0.717, 1.165) is 10.5 Å². The van der Waals surface area contributed by atoms with E-state index in [4.69, 9.17) is 9.47 Å². The van der Waals surface area contributed by atoms with Crippen molar-refractivity contribution in [2.75, 3.05) is 13.7 Å². The van der Waals surface area contributed by atoms with Gasteiger partial charge in [-0.15, -0.1) is 0 Å². The van der Waals surface area contributed by atoms with Gasteiger partial charge in [0.25, 0.3) is 11.8 Å². The first-order valence-electron chi connectivity index (χ1n) is 7.84. The SMILES string of the molecule is C=C1CCC(N2C(=O)c3cccc(OC(=O)COC)c3C2=O)C(=O)C1. The number of ether oxygens (including phenoxy) is 2. The highest BCUT2D eigenvalue weighted by Gasteiger charge is 2.45. The van der Waals surface area contributed by atoms with Gasteiger partial charge in [0.05, 0.1) is 17.2 Å². The molecule has 1 aromatic carbocycles. The first-order valence-corrected chi connectivity index (χ1v) is 7.84. The van der Waals surface area contributed by atoms with E-state index in [1.54, 1.807) is 0 Å². The summed E-state index contributed by atoms with van der Waals surface area (Å²) in [6.07, 6.45) is 1.11. The van der Waals surface area contributed by atoms with Crippen molar-refractivity contribution in [2.45, 2.75) is 25.3 Å². The summed E-state index contributed by atoms with van der Waals surface area (Å²) in [5.41, 5.74) is 0.936. The first kappa shape index (κ1) is 17.0. The summed E-state index contributed by atoms with van der Waals surface area (Å²) in [5.74, 6) is -2.06. The van der Waals surface area contributed by atoms with Crippen LogP contribution in [0.2, 0.25) is 0 Å². The van der Waals surface area contributed by atoms with E-state index in [-0.39, 0.29) is 35.7 Å². The number of nitrogens with zero attached hydrogens (tertiary/aromatic N) is 1. The number of hydrogen-bond acceptors (Lipinski definition) is 6. The monoisotopic (exact) mass is 343 g/mol. The van der Waals surface area contributed by atoms with Crippen LogP contribution in [0.25, 0.3) is 0 Å². The molecular formula is C18H17NO6. The zero-order chi connectivity index (χ0) is 18.1. The van der Waals surface area contributed by atoms with Gasteiger partial charge in [-0.25, -0.2) is 4.79 Å². The second kappa shape index (κ2) is 6.60. The highest BCUT2D eigenvalue weighted by molar-refractivity contribution is 6.24. The number of methoxy groups -OCH3 is 1. The lowest BCUT2D eigenvalue weighted by atomic mass is 9.89. The predicted octanol–water partition coefficient (Wildman–Crippen LogP) is 1.51. The molecule has 0 bridgehead atoms. The Balaban J connectivity index is 1.93. The molecule has 3 rings (SSSR count). The zero-order valence-corrected chi connectivity index (χ0v) is 13.7. The maximum Gasteiger partial charge on any atom is 0.337 e. The van der Waals surface area contributed by atoms with Gasteiger partial charge >= 0.3 is 5.97 Å². The van der Waals surface area contributed by atoms with Gasteiger partial charge in [-0.3, -0.25) is 19.3 Å². The fraction of sp³-hybridized carbons (Fsp3) is 0.333. The summed E-state index contributed by atoms with van der Waals surface area (Å²) < 4.78 is 9.83. The summed E-state index contributed by atoms with van der Waals surface area (Å²) in [6.45, 7) is 3.51. The molecule has 0 aromatic heterocycles. The van der Waals surface area contributed by atoms with Crippen LogP contribution in [-0.2, 0) is 14.3 Å². The minimum absolute atomic E-state index is 0.00642. The van der Waals surface area contributed by atoms with Crippen molar-refractivity contribution in [3.63, 3.8) is 0 Å². The van der Waals surface area contributed by atoms with Crippen molar-refractivity contribution in [3.8, 4) is 5.75 Å². The number of esters is 1. The Morgan fingerprint density at radius 1 is 1.28 bits per heavy atom. The number of Topliss-reactive ketones (excluding diaryl/α,β-unsaturated/α-hetero) is 1. The highest BCUT2D eigenvalue weighted by Crippen LogP contribution is 2.35. The van der Waals surface area contributed by atoms with Crippen LogP contribution in [0, 0.1) is 0 Å². The smallest absolute Gasteiger partial charge is 0.337 e. The Morgan fingerprint density at radius 3 is 2.72 bits per heavy atom. The van der Waals surface area contributed by atoms with E-state index >= 15 is 0 Å². The van der Waals surface area contributed by atoms with Crippen molar-refractivity contribution in [1.29, 1.82) is 0 Å². The van der Waals surface area contributed by atoms with E-state index < -0.39 is 23.8 Å². The average molecular weight is 343 g/mol. The van der Waals surface area contributed by atoms with E-state index in [2.05, 4.69) is 6.58 Å². The third-order valence-electron chi connectivity index (χ3n) is 4.27. The Hall–Kier alpha value is -2.80. The van der Waals surface area contributed by atoms with Gasteiger partial charge in [0.2, 0.25) is 0 Å². The lowest BCUT2D eigenvalue weighted by Gasteiger charge is -2.29. The predicted molar refractivity (Wildman–Crippen MR) is 86.2 cm³/mol. The fourth-order valence-corrected chi connectivity index (χ4v) is 3.14. The van der Waals surface area contributed by atoms with Crippen LogP contribution in [0.15, 0.2) is 30.4 Å². The number of imide groups is 1. The summed E-state index contributed by atoms with van der Waals surface area (Å²) in [7, 11) is 1.34. The van der Waals surface area contributed by atoms with Gasteiger partial charge in [-0.05, 0) is 25.0 Å². The summed E-state index contributed by atoms with van der Waals surface area (Å²) >= 11 is 0. The van der Waals surface area contributed by atoms with Crippen molar-refractivity contribution < 1.29 is 28.7 Å². The summed E-state index contributed by atoms with van der Waals surface area (Å²) in [6, 6.07) is 3.63. The molecule has 25 heavy (non-hydrogen) atoms. The van der Waals surface area contributed by atoms with Crippen LogP contribution in [0.4, 0.5) is 0 Å². The number of allylic oxidation sites excluding steroid dienone is 1. The minimum atomic E-state index is -0.805. The fourth-order valence-electron chi connectivity index (χ4n) is 3.14. The van der Waals surface area contributed by atoms with E-state index in [1.807, 2.05) is 0 Å². The van der Waals surface area contributed by atoms with E-state index in [1.165, 1.54) is 25.3 Å². The molecule has 0 radical (unpaired) electrons. The van der Waals surface area contributed by atoms with Crippen molar-refractivity contribution in [3.05, 3.63) is 41.5 Å². The van der Waals surface area contributed by atoms with Crippen LogP contribution in [0.5, 0.6) is 5.75 Å². The van der Waals surface area contributed by atoms with Crippen LogP contribution >= 0.6 is 0 Å². The molecule has 1 saturated carbocycles. The number of carbonyl (C=O) groups excluding carboxylic acids is 4. The maximum atomic E-state index is 12.8. The molecule has 1 unspecified atom stereocenters.